The standard InChI is InChI=1S/C25H21N3O4S/c1-2-31-20-12-10-16(11-13-20)23(29)28-25(33)27-19-8-5-7-18(15-19)26-24(30)22-14-17-6-3-4-9-21(17)32-22/h3-15H,2H2,1H3,(H,26,30)(H2,27,28,29,33). The molecule has 33 heavy (non-hydrogen) atoms. The highest BCUT2D eigenvalue weighted by molar-refractivity contribution is 7.80. The number of para-hydroxylation sites is 1. The third-order valence-electron chi connectivity index (χ3n) is 4.68. The fraction of sp³-hybridized carbons (Fsp3) is 0.0800. The zero-order chi connectivity index (χ0) is 23.2. The summed E-state index contributed by atoms with van der Waals surface area (Å²) in [6, 6.07) is 22.9. The van der Waals surface area contributed by atoms with E-state index in [1.165, 1.54) is 0 Å². The van der Waals surface area contributed by atoms with Gasteiger partial charge in [0.05, 0.1) is 6.61 Å². The van der Waals surface area contributed by atoms with E-state index in [0.29, 0.717) is 34.9 Å². The SMILES string of the molecule is CCOc1ccc(C(=O)NC(=S)Nc2cccc(NC(=O)c3cc4ccccc4o3)c2)cc1. The van der Waals surface area contributed by atoms with Gasteiger partial charge in [0.2, 0.25) is 0 Å². The number of furan rings is 1. The van der Waals surface area contributed by atoms with Crippen molar-refractivity contribution in [3.05, 3.63) is 90.2 Å². The van der Waals surface area contributed by atoms with E-state index in [-0.39, 0.29) is 22.7 Å². The second-order valence-corrected chi connectivity index (χ2v) is 7.46. The van der Waals surface area contributed by atoms with Gasteiger partial charge in [-0.2, -0.15) is 0 Å². The molecule has 0 aliphatic carbocycles. The van der Waals surface area contributed by atoms with Gasteiger partial charge < -0.3 is 19.8 Å². The molecule has 4 rings (SSSR count). The second kappa shape index (κ2) is 9.97. The van der Waals surface area contributed by atoms with Crippen molar-refractivity contribution >= 4 is 51.5 Å². The number of carbonyl (C=O) groups is 2. The fourth-order valence-electron chi connectivity index (χ4n) is 3.17. The predicted molar refractivity (Wildman–Crippen MR) is 132 cm³/mol. The van der Waals surface area contributed by atoms with Gasteiger partial charge in [-0.3, -0.25) is 14.9 Å². The van der Waals surface area contributed by atoms with Crippen LogP contribution in [0.4, 0.5) is 11.4 Å². The van der Waals surface area contributed by atoms with Crippen LogP contribution in [0.2, 0.25) is 0 Å². The van der Waals surface area contributed by atoms with Crippen molar-refractivity contribution in [3.63, 3.8) is 0 Å². The zero-order valence-electron chi connectivity index (χ0n) is 17.8. The van der Waals surface area contributed by atoms with Crippen molar-refractivity contribution in [2.45, 2.75) is 6.92 Å². The zero-order valence-corrected chi connectivity index (χ0v) is 18.6. The van der Waals surface area contributed by atoms with E-state index in [1.807, 2.05) is 25.1 Å². The summed E-state index contributed by atoms with van der Waals surface area (Å²) in [5, 5.41) is 9.37. The molecule has 8 heteroatoms. The van der Waals surface area contributed by atoms with Gasteiger partial charge in [0.15, 0.2) is 10.9 Å². The highest BCUT2D eigenvalue weighted by Crippen LogP contribution is 2.21. The fourth-order valence-corrected chi connectivity index (χ4v) is 3.38. The third-order valence-corrected chi connectivity index (χ3v) is 4.89. The molecular weight excluding hydrogens is 438 g/mol. The van der Waals surface area contributed by atoms with Gasteiger partial charge in [-0.1, -0.05) is 24.3 Å². The third kappa shape index (κ3) is 5.55. The summed E-state index contributed by atoms with van der Waals surface area (Å²) in [5.41, 5.74) is 2.25. The lowest BCUT2D eigenvalue weighted by molar-refractivity contribution is 0.0975. The number of thiocarbonyl (C=S) groups is 1. The Labute approximate surface area is 195 Å². The Morgan fingerprint density at radius 2 is 1.61 bits per heavy atom. The van der Waals surface area contributed by atoms with Crippen molar-refractivity contribution < 1.29 is 18.7 Å². The Morgan fingerprint density at radius 3 is 2.33 bits per heavy atom. The molecule has 0 atom stereocenters. The monoisotopic (exact) mass is 459 g/mol. The number of fused-ring (bicyclic) bond motifs is 1. The summed E-state index contributed by atoms with van der Waals surface area (Å²) in [6.07, 6.45) is 0. The summed E-state index contributed by atoms with van der Waals surface area (Å²) in [7, 11) is 0. The minimum atomic E-state index is -0.366. The van der Waals surface area contributed by atoms with E-state index in [4.69, 9.17) is 21.4 Å². The number of anilines is 2. The van der Waals surface area contributed by atoms with Gasteiger partial charge in [0, 0.05) is 22.3 Å². The lowest BCUT2D eigenvalue weighted by atomic mass is 10.2. The van der Waals surface area contributed by atoms with E-state index >= 15 is 0 Å². The summed E-state index contributed by atoms with van der Waals surface area (Å²) in [6.45, 7) is 2.45. The summed E-state index contributed by atoms with van der Waals surface area (Å²) in [4.78, 5) is 25.0. The smallest absolute Gasteiger partial charge is 0.291 e. The number of benzene rings is 3. The Morgan fingerprint density at radius 1 is 0.879 bits per heavy atom. The lowest BCUT2D eigenvalue weighted by Gasteiger charge is -2.11. The van der Waals surface area contributed by atoms with Crippen molar-refractivity contribution in [1.29, 1.82) is 0 Å². The van der Waals surface area contributed by atoms with Gasteiger partial charge in [0.1, 0.15) is 11.3 Å². The van der Waals surface area contributed by atoms with Crippen molar-refractivity contribution in [1.82, 2.24) is 5.32 Å². The van der Waals surface area contributed by atoms with E-state index in [9.17, 15) is 9.59 Å². The number of hydrogen-bond acceptors (Lipinski definition) is 5. The first kappa shape index (κ1) is 22.0. The molecule has 166 valence electrons. The van der Waals surface area contributed by atoms with Gasteiger partial charge in [-0.15, -0.1) is 0 Å². The normalized spacial score (nSPS) is 10.5. The molecule has 0 bridgehead atoms. The molecule has 0 spiro atoms. The molecule has 0 aliphatic heterocycles. The number of carbonyl (C=O) groups excluding carboxylic acids is 2. The van der Waals surface area contributed by atoms with E-state index < -0.39 is 0 Å². The molecule has 2 amide bonds. The predicted octanol–water partition coefficient (Wildman–Crippen LogP) is 5.21. The number of ether oxygens (including phenoxy) is 1. The molecule has 3 N–H and O–H groups in total. The summed E-state index contributed by atoms with van der Waals surface area (Å²) < 4.78 is 11.0. The topological polar surface area (TPSA) is 92.6 Å². The highest BCUT2D eigenvalue weighted by atomic mass is 32.1. The number of amides is 2. The minimum absolute atomic E-state index is 0.134. The number of nitrogens with one attached hydrogen (secondary N) is 3. The number of rotatable bonds is 6. The first-order valence-corrected chi connectivity index (χ1v) is 10.7. The maximum absolute atomic E-state index is 12.6. The average Bonchev–Trinajstić information content (AvgIpc) is 3.24. The summed E-state index contributed by atoms with van der Waals surface area (Å²) >= 11 is 5.25. The molecule has 4 aromatic rings. The van der Waals surface area contributed by atoms with Crippen LogP contribution in [0.1, 0.15) is 27.8 Å². The molecule has 0 saturated carbocycles. The largest absolute Gasteiger partial charge is 0.494 e. The number of hydrogen-bond donors (Lipinski definition) is 3. The first-order chi connectivity index (χ1) is 16.0. The van der Waals surface area contributed by atoms with E-state index in [1.54, 1.807) is 60.7 Å². The van der Waals surface area contributed by atoms with Crippen molar-refractivity contribution in [2.24, 2.45) is 0 Å². The lowest BCUT2D eigenvalue weighted by Crippen LogP contribution is -2.34. The van der Waals surface area contributed by atoms with Gasteiger partial charge in [0.25, 0.3) is 11.8 Å². The van der Waals surface area contributed by atoms with Crippen molar-refractivity contribution in [2.75, 3.05) is 17.2 Å². The first-order valence-electron chi connectivity index (χ1n) is 10.3. The molecule has 0 aliphatic rings. The molecule has 7 nitrogen and oxygen atoms in total. The van der Waals surface area contributed by atoms with Crippen LogP contribution in [0.15, 0.2) is 83.3 Å². The second-order valence-electron chi connectivity index (χ2n) is 7.05. The van der Waals surface area contributed by atoms with Crippen LogP contribution in [0, 0.1) is 0 Å². The minimum Gasteiger partial charge on any atom is -0.494 e. The van der Waals surface area contributed by atoms with Crippen LogP contribution in [0.3, 0.4) is 0 Å². The molecule has 1 heterocycles. The Bertz CT molecular complexity index is 1280. The van der Waals surface area contributed by atoms with Gasteiger partial charge in [-0.25, -0.2) is 0 Å². The van der Waals surface area contributed by atoms with E-state index in [2.05, 4.69) is 16.0 Å². The molecule has 0 radical (unpaired) electrons. The van der Waals surface area contributed by atoms with Crippen LogP contribution in [-0.2, 0) is 0 Å². The van der Waals surface area contributed by atoms with Crippen LogP contribution in [0.25, 0.3) is 11.0 Å². The van der Waals surface area contributed by atoms with Crippen molar-refractivity contribution in [3.8, 4) is 5.75 Å². The van der Waals surface area contributed by atoms with Crippen LogP contribution >= 0.6 is 12.2 Å². The quantitative estimate of drug-likeness (QED) is 0.343. The van der Waals surface area contributed by atoms with Crippen LogP contribution in [0.5, 0.6) is 5.75 Å². The van der Waals surface area contributed by atoms with Crippen LogP contribution < -0.4 is 20.7 Å². The molecule has 1 aromatic heterocycles. The maximum atomic E-state index is 12.6. The molecule has 3 aromatic carbocycles. The molecule has 0 saturated heterocycles. The van der Waals surface area contributed by atoms with Gasteiger partial charge >= 0.3 is 0 Å². The van der Waals surface area contributed by atoms with Gasteiger partial charge in [-0.05, 0) is 73.7 Å². The molecule has 0 fully saturated rings. The maximum Gasteiger partial charge on any atom is 0.291 e. The molecule has 0 unspecified atom stereocenters. The Kier molecular flexibility index (Phi) is 6.66. The Balaban J connectivity index is 1.36. The highest BCUT2D eigenvalue weighted by Gasteiger charge is 2.13. The van der Waals surface area contributed by atoms with E-state index in [0.717, 1.165) is 5.39 Å². The van der Waals surface area contributed by atoms with Crippen LogP contribution in [-0.4, -0.2) is 23.5 Å². The average molecular weight is 460 g/mol. The molecular formula is C25H21N3O4S. The summed E-state index contributed by atoms with van der Waals surface area (Å²) in [5.74, 6) is 0.198. The Hall–Kier alpha value is -4.17.